The van der Waals surface area contributed by atoms with Crippen LogP contribution in [0.4, 0.5) is 0 Å². The number of hydrogen-bond donors (Lipinski definition) is 1. The van der Waals surface area contributed by atoms with Gasteiger partial charge in [-0.1, -0.05) is 0 Å². The first kappa shape index (κ1) is 12.7. The van der Waals surface area contributed by atoms with Gasteiger partial charge < -0.3 is 9.88 Å². The minimum atomic E-state index is 0.0860. The van der Waals surface area contributed by atoms with Gasteiger partial charge in [-0.05, 0) is 25.0 Å². The van der Waals surface area contributed by atoms with E-state index in [0.29, 0.717) is 12.2 Å². The van der Waals surface area contributed by atoms with Crippen LogP contribution < -0.4 is 5.32 Å². The number of amides is 1. The zero-order valence-corrected chi connectivity index (χ0v) is 10.6. The summed E-state index contributed by atoms with van der Waals surface area (Å²) in [7, 11) is 0. The Balaban J connectivity index is 2.06. The molecule has 1 aromatic heterocycles. The van der Waals surface area contributed by atoms with Crippen LogP contribution in [0.2, 0.25) is 0 Å². The first-order valence-electron chi connectivity index (χ1n) is 6.31. The van der Waals surface area contributed by atoms with Gasteiger partial charge in [0.1, 0.15) is 11.8 Å². The number of aryl methyl sites for hydroxylation is 1. The minimum Gasteiger partial charge on any atom is -0.355 e. The largest absolute Gasteiger partial charge is 0.355 e. The molecule has 18 heavy (non-hydrogen) atoms. The van der Waals surface area contributed by atoms with Crippen LogP contribution in [0.5, 0.6) is 0 Å². The Hall–Kier alpha value is -1.80. The molecule has 5 nitrogen and oxygen atoms in total. The summed E-state index contributed by atoms with van der Waals surface area (Å²) >= 11 is 0. The van der Waals surface area contributed by atoms with Crippen LogP contribution >= 0.6 is 0 Å². The van der Waals surface area contributed by atoms with Gasteiger partial charge in [-0.15, -0.1) is 0 Å². The molecule has 96 valence electrons. The van der Waals surface area contributed by atoms with Gasteiger partial charge in [-0.2, -0.15) is 5.26 Å². The highest BCUT2D eigenvalue weighted by atomic mass is 16.2. The Labute approximate surface area is 107 Å². The number of nitrogens with one attached hydrogen (secondary N) is 1. The predicted molar refractivity (Wildman–Crippen MR) is 67.7 cm³/mol. The fourth-order valence-corrected chi connectivity index (χ4v) is 2.27. The second-order valence-corrected chi connectivity index (χ2v) is 4.55. The lowest BCUT2D eigenvalue weighted by Gasteiger charge is -2.17. The van der Waals surface area contributed by atoms with Crippen molar-refractivity contribution in [2.75, 3.05) is 19.6 Å². The Morgan fingerprint density at radius 3 is 3.06 bits per heavy atom. The molecular formula is C13H18N4O. The van der Waals surface area contributed by atoms with E-state index in [1.165, 1.54) is 0 Å². The molecule has 2 heterocycles. The Kier molecular flexibility index (Phi) is 4.00. The minimum absolute atomic E-state index is 0.0860. The second-order valence-electron chi connectivity index (χ2n) is 4.55. The fourth-order valence-electron chi connectivity index (χ4n) is 2.27. The summed E-state index contributed by atoms with van der Waals surface area (Å²) in [4.78, 5) is 13.6. The molecule has 1 fully saturated rings. The van der Waals surface area contributed by atoms with Crippen LogP contribution in [0.15, 0.2) is 12.3 Å². The van der Waals surface area contributed by atoms with Crippen LogP contribution in [-0.4, -0.2) is 35.0 Å². The van der Waals surface area contributed by atoms with Crippen LogP contribution in [0, 0.1) is 11.3 Å². The summed E-state index contributed by atoms with van der Waals surface area (Å²) in [5.41, 5.74) is 1.79. The molecule has 2 rings (SSSR count). The molecule has 1 amide bonds. The van der Waals surface area contributed by atoms with Crippen molar-refractivity contribution < 1.29 is 4.79 Å². The number of nitriles is 1. The second kappa shape index (κ2) is 5.69. The molecule has 0 bridgehead atoms. The molecule has 0 saturated carbocycles. The highest BCUT2D eigenvalue weighted by Crippen LogP contribution is 2.11. The van der Waals surface area contributed by atoms with Crippen molar-refractivity contribution in [3.63, 3.8) is 0 Å². The quantitative estimate of drug-likeness (QED) is 0.854. The first-order valence-corrected chi connectivity index (χ1v) is 6.31. The van der Waals surface area contributed by atoms with Crippen LogP contribution in [0.25, 0.3) is 0 Å². The summed E-state index contributed by atoms with van der Waals surface area (Å²) in [6.07, 6.45) is 2.98. The summed E-state index contributed by atoms with van der Waals surface area (Å²) in [6.45, 7) is 5.66. The maximum Gasteiger partial charge on any atom is 0.234 e. The van der Waals surface area contributed by atoms with Crippen molar-refractivity contribution in [3.05, 3.63) is 23.5 Å². The molecule has 1 aliphatic rings. The summed E-state index contributed by atoms with van der Waals surface area (Å²) in [5, 5.41) is 11.9. The standard InChI is InChI=1S/C13H18N4O/c1-2-17-9-11(6-12(17)7-14)8-16-5-3-4-15-13(18)10-16/h6,9H,2-5,8,10H2,1H3,(H,15,18). The first-order chi connectivity index (χ1) is 8.72. The summed E-state index contributed by atoms with van der Waals surface area (Å²) in [6, 6.07) is 4.10. The molecule has 0 atom stereocenters. The lowest BCUT2D eigenvalue weighted by molar-refractivity contribution is -0.121. The average molecular weight is 246 g/mol. The molecule has 1 saturated heterocycles. The Morgan fingerprint density at radius 2 is 2.39 bits per heavy atom. The Bertz CT molecular complexity index is 472. The third-order valence-corrected chi connectivity index (χ3v) is 3.16. The van der Waals surface area contributed by atoms with E-state index < -0.39 is 0 Å². The maximum absolute atomic E-state index is 11.5. The molecule has 0 spiro atoms. The van der Waals surface area contributed by atoms with Gasteiger partial charge in [0.15, 0.2) is 0 Å². The van der Waals surface area contributed by atoms with Gasteiger partial charge in [0, 0.05) is 32.4 Å². The predicted octanol–water partition coefficient (Wildman–Crippen LogP) is 0.702. The molecule has 1 aromatic rings. The van der Waals surface area contributed by atoms with E-state index in [0.717, 1.165) is 38.2 Å². The number of rotatable bonds is 3. The van der Waals surface area contributed by atoms with Gasteiger partial charge in [-0.3, -0.25) is 9.69 Å². The van der Waals surface area contributed by atoms with Crippen molar-refractivity contribution >= 4 is 5.91 Å². The van der Waals surface area contributed by atoms with Crippen molar-refractivity contribution in [1.82, 2.24) is 14.8 Å². The van der Waals surface area contributed by atoms with E-state index >= 15 is 0 Å². The number of hydrogen-bond acceptors (Lipinski definition) is 3. The Morgan fingerprint density at radius 1 is 1.56 bits per heavy atom. The van der Waals surface area contributed by atoms with Gasteiger partial charge in [0.2, 0.25) is 5.91 Å². The molecule has 5 heteroatoms. The normalized spacial score (nSPS) is 17.0. The lowest BCUT2D eigenvalue weighted by Crippen LogP contribution is -2.32. The van der Waals surface area contributed by atoms with E-state index in [-0.39, 0.29) is 5.91 Å². The van der Waals surface area contributed by atoms with E-state index in [1.807, 2.05) is 23.8 Å². The zero-order chi connectivity index (χ0) is 13.0. The maximum atomic E-state index is 11.5. The van der Waals surface area contributed by atoms with Crippen LogP contribution in [-0.2, 0) is 17.9 Å². The zero-order valence-electron chi connectivity index (χ0n) is 10.6. The average Bonchev–Trinajstić information content (AvgIpc) is 2.64. The topological polar surface area (TPSA) is 61.1 Å². The van der Waals surface area contributed by atoms with E-state index in [2.05, 4.69) is 16.3 Å². The van der Waals surface area contributed by atoms with Crippen molar-refractivity contribution in [3.8, 4) is 6.07 Å². The number of carbonyl (C=O) groups excluding carboxylic acids is 1. The van der Waals surface area contributed by atoms with Gasteiger partial charge in [0.25, 0.3) is 0 Å². The van der Waals surface area contributed by atoms with Crippen molar-refractivity contribution in [2.45, 2.75) is 26.4 Å². The van der Waals surface area contributed by atoms with Crippen molar-refractivity contribution in [2.24, 2.45) is 0 Å². The van der Waals surface area contributed by atoms with E-state index in [9.17, 15) is 4.79 Å². The fraction of sp³-hybridized carbons (Fsp3) is 0.538. The monoisotopic (exact) mass is 246 g/mol. The number of carbonyl (C=O) groups is 1. The van der Waals surface area contributed by atoms with Gasteiger partial charge >= 0.3 is 0 Å². The number of nitrogens with zero attached hydrogens (tertiary/aromatic N) is 3. The molecule has 1 N–H and O–H groups in total. The van der Waals surface area contributed by atoms with Crippen molar-refractivity contribution in [1.29, 1.82) is 5.26 Å². The summed E-state index contributed by atoms with van der Waals surface area (Å²) < 4.78 is 1.94. The van der Waals surface area contributed by atoms with Gasteiger partial charge in [0.05, 0.1) is 6.54 Å². The molecule has 0 aromatic carbocycles. The molecule has 0 aliphatic carbocycles. The highest BCUT2D eigenvalue weighted by Gasteiger charge is 2.15. The molecule has 1 aliphatic heterocycles. The third-order valence-electron chi connectivity index (χ3n) is 3.16. The summed E-state index contributed by atoms with van der Waals surface area (Å²) in [5.74, 6) is 0.0860. The SMILES string of the molecule is CCn1cc(CN2CCCNC(=O)C2)cc1C#N. The van der Waals surface area contributed by atoms with Gasteiger partial charge in [-0.25, -0.2) is 0 Å². The van der Waals surface area contributed by atoms with Crippen LogP contribution in [0.3, 0.4) is 0 Å². The third kappa shape index (κ3) is 2.90. The highest BCUT2D eigenvalue weighted by molar-refractivity contribution is 5.78. The van der Waals surface area contributed by atoms with E-state index in [1.54, 1.807) is 0 Å². The molecule has 0 unspecified atom stereocenters. The lowest BCUT2D eigenvalue weighted by atomic mass is 10.2. The molecular weight excluding hydrogens is 228 g/mol. The number of aromatic nitrogens is 1. The smallest absolute Gasteiger partial charge is 0.234 e. The molecule has 0 radical (unpaired) electrons. The van der Waals surface area contributed by atoms with Crippen LogP contribution in [0.1, 0.15) is 24.6 Å². The van der Waals surface area contributed by atoms with E-state index in [4.69, 9.17) is 5.26 Å².